The molecule has 1 fully saturated rings. The van der Waals surface area contributed by atoms with Crippen LogP contribution in [-0.4, -0.2) is 11.0 Å². The zero-order valence-electron chi connectivity index (χ0n) is 7.94. The number of hydrogen-bond acceptors (Lipinski definition) is 4. The van der Waals surface area contributed by atoms with Gasteiger partial charge in [-0.15, -0.1) is 0 Å². The van der Waals surface area contributed by atoms with Gasteiger partial charge in [-0.05, 0) is 12.8 Å². The lowest BCUT2D eigenvalue weighted by Crippen LogP contribution is -2.31. The number of nitriles is 1. The SMILES string of the molecule is N#CC1CCCC1NCc1cnco1. The first kappa shape index (κ1) is 9.22. The Morgan fingerprint density at radius 1 is 1.64 bits per heavy atom. The van der Waals surface area contributed by atoms with Gasteiger partial charge >= 0.3 is 0 Å². The highest BCUT2D eigenvalue weighted by Crippen LogP contribution is 2.24. The molecule has 0 amide bonds. The normalized spacial score (nSPS) is 26.2. The highest BCUT2D eigenvalue weighted by Gasteiger charge is 2.26. The summed E-state index contributed by atoms with van der Waals surface area (Å²) in [5, 5.41) is 12.2. The molecule has 2 atom stereocenters. The summed E-state index contributed by atoms with van der Waals surface area (Å²) in [7, 11) is 0. The fourth-order valence-electron chi connectivity index (χ4n) is 1.92. The average Bonchev–Trinajstić information content (AvgIpc) is 2.85. The Hall–Kier alpha value is -1.34. The molecule has 1 saturated carbocycles. The molecule has 1 N–H and O–H groups in total. The molecule has 1 aliphatic rings. The Labute approximate surface area is 82.9 Å². The second-order valence-electron chi connectivity index (χ2n) is 3.62. The van der Waals surface area contributed by atoms with Gasteiger partial charge in [0.2, 0.25) is 0 Å². The summed E-state index contributed by atoms with van der Waals surface area (Å²) in [4.78, 5) is 3.83. The third kappa shape index (κ3) is 1.94. The molecule has 0 aliphatic heterocycles. The Morgan fingerprint density at radius 3 is 3.29 bits per heavy atom. The number of oxazole rings is 1. The van der Waals surface area contributed by atoms with Crippen LogP contribution in [0.4, 0.5) is 0 Å². The maximum Gasteiger partial charge on any atom is 0.180 e. The second-order valence-corrected chi connectivity index (χ2v) is 3.62. The first-order valence-corrected chi connectivity index (χ1v) is 4.90. The molecule has 0 radical (unpaired) electrons. The van der Waals surface area contributed by atoms with Gasteiger partial charge in [-0.3, -0.25) is 0 Å². The van der Waals surface area contributed by atoms with E-state index in [9.17, 15) is 0 Å². The van der Waals surface area contributed by atoms with Gasteiger partial charge in [0.25, 0.3) is 0 Å². The van der Waals surface area contributed by atoms with Gasteiger partial charge in [0.1, 0.15) is 5.76 Å². The van der Waals surface area contributed by atoms with Crippen LogP contribution in [-0.2, 0) is 6.54 Å². The molecule has 0 aromatic carbocycles. The fourth-order valence-corrected chi connectivity index (χ4v) is 1.92. The smallest absolute Gasteiger partial charge is 0.180 e. The van der Waals surface area contributed by atoms with E-state index in [4.69, 9.17) is 9.68 Å². The van der Waals surface area contributed by atoms with Crippen molar-refractivity contribution in [1.29, 1.82) is 5.26 Å². The Morgan fingerprint density at radius 2 is 2.57 bits per heavy atom. The molecule has 1 aromatic heterocycles. The monoisotopic (exact) mass is 191 g/mol. The Kier molecular flexibility index (Phi) is 2.80. The van der Waals surface area contributed by atoms with E-state index in [0.29, 0.717) is 12.6 Å². The van der Waals surface area contributed by atoms with Crippen LogP contribution in [0.2, 0.25) is 0 Å². The van der Waals surface area contributed by atoms with Crippen LogP contribution in [0.5, 0.6) is 0 Å². The molecule has 4 nitrogen and oxygen atoms in total. The zero-order valence-corrected chi connectivity index (χ0v) is 7.94. The molecule has 0 saturated heterocycles. The van der Waals surface area contributed by atoms with Gasteiger partial charge in [-0.2, -0.15) is 5.26 Å². The first-order chi connectivity index (χ1) is 6.90. The molecule has 1 aromatic rings. The van der Waals surface area contributed by atoms with Crippen molar-refractivity contribution < 1.29 is 4.42 Å². The van der Waals surface area contributed by atoms with Crippen molar-refractivity contribution in [2.24, 2.45) is 5.92 Å². The third-order valence-corrected chi connectivity index (χ3v) is 2.70. The van der Waals surface area contributed by atoms with E-state index in [2.05, 4.69) is 16.4 Å². The van der Waals surface area contributed by atoms with Crippen molar-refractivity contribution in [3.63, 3.8) is 0 Å². The van der Waals surface area contributed by atoms with Crippen LogP contribution in [0, 0.1) is 17.2 Å². The molecule has 2 rings (SSSR count). The minimum absolute atomic E-state index is 0.165. The minimum atomic E-state index is 0.165. The molecule has 0 spiro atoms. The molecular weight excluding hydrogens is 178 g/mol. The first-order valence-electron chi connectivity index (χ1n) is 4.90. The summed E-state index contributed by atoms with van der Waals surface area (Å²) in [6, 6.07) is 2.66. The van der Waals surface area contributed by atoms with E-state index in [-0.39, 0.29) is 5.92 Å². The fraction of sp³-hybridized carbons (Fsp3) is 0.600. The van der Waals surface area contributed by atoms with Gasteiger partial charge in [-0.25, -0.2) is 4.98 Å². The average molecular weight is 191 g/mol. The summed E-state index contributed by atoms with van der Waals surface area (Å²) in [5.41, 5.74) is 0. The standard InChI is InChI=1S/C10H13N3O/c11-4-8-2-1-3-10(8)13-6-9-5-12-7-14-9/h5,7-8,10,13H,1-3,6H2. The number of hydrogen-bond donors (Lipinski definition) is 1. The molecule has 74 valence electrons. The van der Waals surface area contributed by atoms with Crippen LogP contribution in [0.25, 0.3) is 0 Å². The summed E-state index contributed by atoms with van der Waals surface area (Å²) < 4.78 is 5.11. The van der Waals surface area contributed by atoms with E-state index < -0.39 is 0 Å². The van der Waals surface area contributed by atoms with Crippen molar-refractivity contribution in [1.82, 2.24) is 10.3 Å². The van der Waals surface area contributed by atoms with Crippen molar-refractivity contribution >= 4 is 0 Å². The largest absolute Gasteiger partial charge is 0.447 e. The van der Waals surface area contributed by atoms with Crippen molar-refractivity contribution in [3.05, 3.63) is 18.4 Å². The van der Waals surface area contributed by atoms with Gasteiger partial charge in [0.15, 0.2) is 6.39 Å². The second kappa shape index (κ2) is 4.25. The van der Waals surface area contributed by atoms with E-state index in [0.717, 1.165) is 25.0 Å². The van der Waals surface area contributed by atoms with Crippen molar-refractivity contribution in [3.8, 4) is 6.07 Å². The van der Waals surface area contributed by atoms with Crippen LogP contribution >= 0.6 is 0 Å². The third-order valence-electron chi connectivity index (χ3n) is 2.70. The van der Waals surface area contributed by atoms with Gasteiger partial charge < -0.3 is 9.73 Å². The lowest BCUT2D eigenvalue weighted by Gasteiger charge is -2.13. The maximum atomic E-state index is 8.87. The van der Waals surface area contributed by atoms with Crippen LogP contribution in [0.15, 0.2) is 17.0 Å². The molecule has 2 unspecified atom stereocenters. The molecule has 4 heteroatoms. The van der Waals surface area contributed by atoms with Crippen LogP contribution < -0.4 is 5.32 Å². The van der Waals surface area contributed by atoms with Crippen LogP contribution in [0.1, 0.15) is 25.0 Å². The summed E-state index contributed by atoms with van der Waals surface area (Å²) in [5.74, 6) is 0.992. The lowest BCUT2D eigenvalue weighted by molar-refractivity contribution is 0.418. The molecule has 0 bridgehead atoms. The summed E-state index contributed by atoms with van der Waals surface area (Å²) >= 11 is 0. The van der Waals surface area contributed by atoms with E-state index in [1.54, 1.807) is 6.20 Å². The van der Waals surface area contributed by atoms with Gasteiger partial charge in [0.05, 0.1) is 24.7 Å². The zero-order chi connectivity index (χ0) is 9.80. The predicted octanol–water partition coefficient (Wildman–Crippen LogP) is 1.46. The van der Waals surface area contributed by atoms with Crippen molar-refractivity contribution in [2.45, 2.75) is 31.8 Å². The highest BCUT2D eigenvalue weighted by molar-refractivity contribution is 4.98. The van der Waals surface area contributed by atoms with Gasteiger partial charge in [-0.1, -0.05) is 6.42 Å². The van der Waals surface area contributed by atoms with Gasteiger partial charge in [0, 0.05) is 6.04 Å². The highest BCUT2D eigenvalue weighted by atomic mass is 16.3. The Bertz CT molecular complexity index is 315. The number of rotatable bonds is 3. The predicted molar refractivity (Wildman–Crippen MR) is 50.1 cm³/mol. The number of aromatic nitrogens is 1. The molecule has 14 heavy (non-hydrogen) atoms. The lowest BCUT2D eigenvalue weighted by atomic mass is 10.1. The van der Waals surface area contributed by atoms with Crippen LogP contribution in [0.3, 0.4) is 0 Å². The number of nitrogens with zero attached hydrogens (tertiary/aromatic N) is 2. The van der Waals surface area contributed by atoms with E-state index in [1.807, 2.05) is 0 Å². The maximum absolute atomic E-state index is 8.87. The summed E-state index contributed by atoms with van der Waals surface area (Å²) in [6.45, 7) is 0.669. The minimum Gasteiger partial charge on any atom is -0.447 e. The quantitative estimate of drug-likeness (QED) is 0.785. The molecular formula is C10H13N3O. The Balaban J connectivity index is 1.83. The van der Waals surface area contributed by atoms with Crippen molar-refractivity contribution in [2.75, 3.05) is 0 Å². The molecule has 1 aliphatic carbocycles. The number of nitrogens with one attached hydrogen (secondary N) is 1. The summed E-state index contributed by atoms with van der Waals surface area (Å²) in [6.07, 6.45) is 6.38. The van der Waals surface area contributed by atoms with E-state index in [1.165, 1.54) is 6.39 Å². The topological polar surface area (TPSA) is 61.9 Å². The molecule has 1 heterocycles. The van der Waals surface area contributed by atoms with E-state index >= 15 is 0 Å².